The summed E-state index contributed by atoms with van der Waals surface area (Å²) in [6.07, 6.45) is 1.80. The summed E-state index contributed by atoms with van der Waals surface area (Å²) in [5.41, 5.74) is 7.95. The number of nitrogens with zero attached hydrogens (tertiary/aromatic N) is 2. The molecule has 1 aliphatic rings. The second-order valence-electron chi connectivity index (χ2n) is 2.61. The second kappa shape index (κ2) is 2.53. The van der Waals surface area contributed by atoms with Gasteiger partial charge in [0.1, 0.15) is 11.6 Å². The Kier molecular flexibility index (Phi) is 1.51. The number of epoxide rings is 1. The van der Waals surface area contributed by atoms with E-state index >= 15 is 0 Å². The number of hydrogen-bond donors (Lipinski definition) is 2. The third-order valence-corrected chi connectivity index (χ3v) is 1.76. The Bertz CT molecular complexity index is 366. The summed E-state index contributed by atoms with van der Waals surface area (Å²) in [4.78, 5) is 0. The molecule has 2 N–H and O–H groups in total. The molecule has 0 saturated carbocycles. The minimum absolute atomic E-state index is 0.151. The first-order valence-corrected chi connectivity index (χ1v) is 3.58. The first-order chi connectivity index (χ1) is 5.81. The van der Waals surface area contributed by atoms with Crippen molar-refractivity contribution in [3.05, 3.63) is 29.4 Å². The predicted molar refractivity (Wildman–Crippen MR) is 39.5 cm³/mol. The van der Waals surface area contributed by atoms with Gasteiger partial charge in [0.2, 0.25) is 0 Å². The number of nitrogens with one attached hydrogen (secondary N) is 2. The molecule has 12 heavy (non-hydrogen) atoms. The molecule has 1 aromatic rings. The molecule has 2 rings (SSSR count). The molecule has 1 unspecified atom stereocenters. The molecule has 0 aromatic carbocycles. The first-order valence-electron chi connectivity index (χ1n) is 3.58. The third-order valence-electron chi connectivity index (χ3n) is 1.76. The van der Waals surface area contributed by atoms with Gasteiger partial charge in [0.15, 0.2) is 0 Å². The van der Waals surface area contributed by atoms with E-state index in [9.17, 15) is 0 Å². The number of hydrogen-bond acceptors (Lipinski definition) is 4. The maximum Gasteiger partial charge on any atom is 0.147 e. The van der Waals surface area contributed by atoms with Crippen LogP contribution < -0.4 is 5.49 Å². The Hall–Kier alpha value is -1.49. The zero-order chi connectivity index (χ0) is 8.55. The molecule has 1 saturated heterocycles. The Morgan fingerprint density at radius 3 is 2.92 bits per heavy atom. The van der Waals surface area contributed by atoms with Crippen molar-refractivity contribution in [2.45, 2.75) is 6.10 Å². The molecule has 0 radical (unpaired) electrons. The lowest BCUT2D eigenvalue weighted by Crippen LogP contribution is -2.14. The first kappa shape index (κ1) is 7.17. The average molecular weight is 164 g/mol. The molecule has 5 nitrogen and oxygen atoms in total. The lowest BCUT2D eigenvalue weighted by atomic mass is 10.2. The summed E-state index contributed by atoms with van der Waals surface area (Å²) in [7, 11) is 0. The quantitative estimate of drug-likeness (QED) is 0.493. The van der Waals surface area contributed by atoms with Crippen molar-refractivity contribution in [3.63, 3.8) is 0 Å². The molecule has 62 valence electrons. The molecule has 0 spiro atoms. The van der Waals surface area contributed by atoms with Crippen LogP contribution in [0.5, 0.6) is 0 Å². The van der Waals surface area contributed by atoms with E-state index < -0.39 is 0 Å². The van der Waals surface area contributed by atoms with Crippen LogP contribution in [0.2, 0.25) is 0 Å². The fourth-order valence-corrected chi connectivity index (χ4v) is 1.02. The van der Waals surface area contributed by atoms with Gasteiger partial charge in [0.05, 0.1) is 6.61 Å². The van der Waals surface area contributed by atoms with Crippen molar-refractivity contribution in [2.24, 2.45) is 5.22 Å². The second-order valence-corrected chi connectivity index (χ2v) is 2.61. The lowest BCUT2D eigenvalue weighted by molar-refractivity contribution is 0.414. The average Bonchev–Trinajstić information content (AvgIpc) is 2.88. The highest BCUT2D eigenvalue weighted by molar-refractivity contribution is 5.15. The highest BCUT2D eigenvalue weighted by Gasteiger charge is 2.24. The van der Waals surface area contributed by atoms with Crippen LogP contribution in [0.1, 0.15) is 11.7 Å². The van der Waals surface area contributed by atoms with Gasteiger partial charge in [0, 0.05) is 11.8 Å². The predicted octanol–water partition coefficient (Wildman–Crippen LogP) is 0.833. The minimum atomic E-state index is 0.151. The molecule has 1 aliphatic heterocycles. The van der Waals surface area contributed by atoms with Gasteiger partial charge in [-0.15, -0.1) is 0 Å². The molecule has 5 heteroatoms. The van der Waals surface area contributed by atoms with Crippen molar-refractivity contribution in [1.29, 1.82) is 10.9 Å². The normalized spacial score (nSPS) is 20.5. The van der Waals surface area contributed by atoms with Crippen LogP contribution >= 0.6 is 0 Å². The lowest BCUT2D eigenvalue weighted by Gasteiger charge is -1.98. The van der Waals surface area contributed by atoms with Gasteiger partial charge in [-0.2, -0.15) is 5.53 Å². The van der Waals surface area contributed by atoms with Gasteiger partial charge in [-0.1, -0.05) is 11.3 Å². The zero-order valence-corrected chi connectivity index (χ0v) is 6.32. The maximum atomic E-state index is 7.34. The molecular formula is C7H8N4O. The topological polar surface area (TPSA) is 77.5 Å². The van der Waals surface area contributed by atoms with E-state index in [-0.39, 0.29) is 11.6 Å². The number of rotatable bonds is 2. The number of aromatic nitrogens is 1. The van der Waals surface area contributed by atoms with Gasteiger partial charge >= 0.3 is 0 Å². The van der Waals surface area contributed by atoms with E-state index in [0.717, 1.165) is 12.2 Å². The van der Waals surface area contributed by atoms with Crippen LogP contribution in [0.4, 0.5) is 0 Å². The van der Waals surface area contributed by atoms with Crippen molar-refractivity contribution < 1.29 is 4.74 Å². The van der Waals surface area contributed by atoms with Crippen molar-refractivity contribution in [1.82, 2.24) is 4.68 Å². The van der Waals surface area contributed by atoms with Crippen LogP contribution in [0.3, 0.4) is 0 Å². The third kappa shape index (κ3) is 1.14. The SMILES string of the molecule is N=Nn1cc(C2CO2)ccc1=N. The Morgan fingerprint density at radius 1 is 1.58 bits per heavy atom. The van der Waals surface area contributed by atoms with Gasteiger partial charge in [0.25, 0.3) is 0 Å². The van der Waals surface area contributed by atoms with Crippen molar-refractivity contribution in [3.8, 4) is 0 Å². The van der Waals surface area contributed by atoms with Gasteiger partial charge in [-0.3, -0.25) is 5.41 Å². The van der Waals surface area contributed by atoms with Crippen molar-refractivity contribution >= 4 is 0 Å². The largest absolute Gasteiger partial charge is 0.368 e. The Balaban J connectivity index is 2.46. The fourth-order valence-electron chi connectivity index (χ4n) is 1.02. The Labute approximate surface area is 68.6 Å². The highest BCUT2D eigenvalue weighted by atomic mass is 16.6. The van der Waals surface area contributed by atoms with Crippen molar-refractivity contribution in [2.75, 3.05) is 6.61 Å². The van der Waals surface area contributed by atoms with Gasteiger partial charge in [-0.25, -0.2) is 4.68 Å². The minimum Gasteiger partial charge on any atom is -0.368 e. The maximum absolute atomic E-state index is 7.34. The van der Waals surface area contributed by atoms with E-state index in [1.165, 1.54) is 4.68 Å². The standard InChI is InChI=1S/C7H8N4O/c8-7-2-1-5(6-4-12-6)3-11(7)10-9/h1-3,6,8-9H,4H2. The monoisotopic (exact) mass is 164 g/mol. The van der Waals surface area contributed by atoms with Gasteiger partial charge < -0.3 is 4.74 Å². The zero-order valence-electron chi connectivity index (χ0n) is 6.32. The molecule has 1 aromatic heterocycles. The van der Waals surface area contributed by atoms with Crippen LogP contribution in [0.15, 0.2) is 23.6 Å². The molecular weight excluding hydrogens is 156 g/mol. The van der Waals surface area contributed by atoms with Crippen LogP contribution in [-0.4, -0.2) is 11.3 Å². The van der Waals surface area contributed by atoms with Gasteiger partial charge in [-0.05, 0) is 6.07 Å². The molecule has 0 amide bonds. The van der Waals surface area contributed by atoms with E-state index in [4.69, 9.17) is 15.7 Å². The fraction of sp³-hybridized carbons (Fsp3) is 0.286. The van der Waals surface area contributed by atoms with E-state index in [2.05, 4.69) is 5.22 Å². The summed E-state index contributed by atoms with van der Waals surface area (Å²) >= 11 is 0. The van der Waals surface area contributed by atoms with Crippen LogP contribution in [0.25, 0.3) is 0 Å². The summed E-state index contributed by atoms with van der Waals surface area (Å²) < 4.78 is 6.26. The molecule has 0 aliphatic carbocycles. The molecule has 0 bridgehead atoms. The Morgan fingerprint density at radius 2 is 2.33 bits per heavy atom. The number of ether oxygens (including phenoxy) is 1. The van der Waals surface area contributed by atoms with E-state index in [1.54, 1.807) is 12.3 Å². The van der Waals surface area contributed by atoms with Crippen LogP contribution in [-0.2, 0) is 4.74 Å². The van der Waals surface area contributed by atoms with Crippen LogP contribution in [0, 0.1) is 10.9 Å². The summed E-state index contributed by atoms with van der Waals surface area (Å²) in [6, 6.07) is 3.43. The molecule has 1 atom stereocenters. The molecule has 2 heterocycles. The summed E-state index contributed by atoms with van der Waals surface area (Å²) in [5.74, 6) is 0. The van der Waals surface area contributed by atoms with E-state index in [0.29, 0.717) is 0 Å². The smallest absolute Gasteiger partial charge is 0.147 e. The highest BCUT2D eigenvalue weighted by Crippen LogP contribution is 2.28. The van der Waals surface area contributed by atoms with E-state index in [1.807, 2.05) is 6.07 Å². The molecule has 1 fully saturated rings. The summed E-state index contributed by atoms with van der Waals surface area (Å²) in [5, 5.41) is 10.5. The summed E-state index contributed by atoms with van der Waals surface area (Å²) in [6.45, 7) is 0.731. The number of pyridine rings is 1.